The molecule has 0 rings (SSSR count). The molecule has 2 N–H and O–H groups in total. The van der Waals surface area contributed by atoms with E-state index in [0.29, 0.717) is 6.42 Å². The third-order valence-electron chi connectivity index (χ3n) is 9.38. The molecule has 0 aliphatic heterocycles. The van der Waals surface area contributed by atoms with Crippen molar-refractivity contribution >= 4 is 19.8 Å². The van der Waals surface area contributed by atoms with Gasteiger partial charge in [-0.2, -0.15) is 0 Å². The highest BCUT2D eigenvalue weighted by molar-refractivity contribution is 7.46. The van der Waals surface area contributed by atoms with E-state index in [0.717, 1.165) is 64.2 Å². The fraction of sp³-hybridized carbons (Fsp3) is 0.818. The summed E-state index contributed by atoms with van der Waals surface area (Å²) < 4.78 is 26.4. The Bertz CT molecular complexity index is 957. The van der Waals surface area contributed by atoms with Crippen LogP contribution in [0.4, 0.5) is 0 Å². The Labute approximate surface area is 325 Å². The lowest BCUT2D eigenvalue weighted by atomic mass is 10.1. The van der Waals surface area contributed by atoms with Gasteiger partial charge in [-0.3, -0.25) is 14.1 Å². The van der Waals surface area contributed by atoms with Crippen LogP contribution < -0.4 is 0 Å². The van der Waals surface area contributed by atoms with Crippen LogP contribution in [0.2, 0.25) is 0 Å². The summed E-state index contributed by atoms with van der Waals surface area (Å²) in [5.41, 5.74) is 0. The number of carbonyl (C=O) groups excluding carboxylic acids is 2. The molecule has 0 aromatic heterocycles. The van der Waals surface area contributed by atoms with Gasteiger partial charge in [0.15, 0.2) is 6.10 Å². The molecule has 0 aliphatic rings. The molecule has 0 heterocycles. The first-order chi connectivity index (χ1) is 25.8. The number of esters is 2. The number of ether oxygens (including phenoxy) is 2. The highest BCUT2D eigenvalue weighted by Crippen LogP contribution is 2.36. The molecule has 0 aromatic rings. The van der Waals surface area contributed by atoms with Gasteiger partial charge in [-0.1, -0.05) is 166 Å². The Morgan fingerprint density at radius 2 is 0.849 bits per heavy atom. The van der Waals surface area contributed by atoms with Crippen molar-refractivity contribution in [3.05, 3.63) is 36.5 Å². The molecule has 1 unspecified atom stereocenters. The Morgan fingerprint density at radius 3 is 1.28 bits per heavy atom. The van der Waals surface area contributed by atoms with Crippen LogP contribution in [0.15, 0.2) is 36.5 Å². The predicted molar refractivity (Wildman–Crippen MR) is 221 cm³/mol. The van der Waals surface area contributed by atoms with Crippen LogP contribution in [0.5, 0.6) is 0 Å². The van der Waals surface area contributed by atoms with Crippen LogP contribution in [-0.2, 0) is 28.2 Å². The van der Waals surface area contributed by atoms with Gasteiger partial charge < -0.3 is 19.3 Å². The first-order valence-corrected chi connectivity index (χ1v) is 23.3. The summed E-state index contributed by atoms with van der Waals surface area (Å²) in [5, 5.41) is 0. The number of unbranched alkanes of at least 4 members (excludes halogenated alkanes) is 24. The molecule has 0 saturated heterocycles. The van der Waals surface area contributed by atoms with Gasteiger partial charge in [0.25, 0.3) is 0 Å². The van der Waals surface area contributed by atoms with E-state index in [-0.39, 0.29) is 19.4 Å². The van der Waals surface area contributed by atoms with E-state index in [9.17, 15) is 14.2 Å². The third kappa shape index (κ3) is 42.9. The zero-order chi connectivity index (χ0) is 38.9. The Kier molecular flexibility index (Phi) is 38.6. The lowest BCUT2D eigenvalue weighted by molar-refractivity contribution is -0.161. The summed E-state index contributed by atoms with van der Waals surface area (Å²) in [7, 11) is -4.76. The second kappa shape index (κ2) is 39.9. The average Bonchev–Trinajstić information content (AvgIpc) is 3.13. The van der Waals surface area contributed by atoms with Crippen molar-refractivity contribution in [3.8, 4) is 0 Å². The number of phosphoric ester groups is 1. The maximum atomic E-state index is 12.4. The average molecular weight is 769 g/mol. The number of hydrogen-bond donors (Lipinski definition) is 2. The van der Waals surface area contributed by atoms with Crippen LogP contribution in [0, 0.1) is 0 Å². The fourth-order valence-corrected chi connectivity index (χ4v) is 6.46. The SMILES string of the molecule is CCCCCC/C=C\C/C=C\CCCCCCCCCC(=O)OC(COC(=O)CCCCCCCCC/C=C\CCCCCCCC)COP(=O)(O)O. The van der Waals surface area contributed by atoms with Gasteiger partial charge in [0.05, 0.1) is 6.61 Å². The second-order valence-electron chi connectivity index (χ2n) is 14.7. The second-order valence-corrected chi connectivity index (χ2v) is 15.9. The fourth-order valence-electron chi connectivity index (χ4n) is 6.10. The van der Waals surface area contributed by atoms with Crippen LogP contribution in [-0.4, -0.2) is 41.0 Å². The smallest absolute Gasteiger partial charge is 0.462 e. The molecule has 0 saturated carbocycles. The van der Waals surface area contributed by atoms with Crippen molar-refractivity contribution < 1.29 is 37.9 Å². The quantitative estimate of drug-likeness (QED) is 0.0274. The molecule has 8 nitrogen and oxygen atoms in total. The van der Waals surface area contributed by atoms with Crippen LogP contribution in [0.1, 0.15) is 213 Å². The molecule has 0 fully saturated rings. The number of carbonyl (C=O) groups is 2. The van der Waals surface area contributed by atoms with Crippen molar-refractivity contribution in [2.45, 2.75) is 219 Å². The molecule has 53 heavy (non-hydrogen) atoms. The zero-order valence-corrected chi connectivity index (χ0v) is 35.1. The molecule has 0 radical (unpaired) electrons. The van der Waals surface area contributed by atoms with Crippen LogP contribution in [0.25, 0.3) is 0 Å². The van der Waals surface area contributed by atoms with Gasteiger partial charge >= 0.3 is 19.8 Å². The minimum absolute atomic E-state index is 0.203. The minimum Gasteiger partial charge on any atom is -0.462 e. The van der Waals surface area contributed by atoms with Crippen molar-refractivity contribution in [1.29, 1.82) is 0 Å². The summed E-state index contributed by atoms with van der Waals surface area (Å²) in [6.45, 7) is 3.67. The zero-order valence-electron chi connectivity index (χ0n) is 34.2. The minimum atomic E-state index is -4.76. The normalized spacial score (nSPS) is 12.8. The standard InChI is InChI=1S/C44H81O8P/c1-3-5-7-9-11-13-15-17-19-21-23-25-27-29-31-33-35-37-39-44(46)52-42(41-51-53(47,48)49)40-50-43(45)38-36-34-32-30-28-26-24-22-20-18-16-14-12-10-8-6-4-2/h13,15,18-21,42H,3-12,14,16-17,22-41H2,1-2H3,(H2,47,48,49)/b15-13-,20-18-,21-19-. The summed E-state index contributed by atoms with van der Waals surface area (Å²) >= 11 is 0. The van der Waals surface area contributed by atoms with Gasteiger partial charge in [-0.15, -0.1) is 0 Å². The molecule has 310 valence electrons. The molecule has 1 atom stereocenters. The molecular formula is C44H81O8P. The van der Waals surface area contributed by atoms with Crippen molar-refractivity contribution in [2.24, 2.45) is 0 Å². The summed E-state index contributed by atoms with van der Waals surface area (Å²) in [6.07, 6.45) is 47.2. The van der Waals surface area contributed by atoms with Crippen LogP contribution >= 0.6 is 7.82 Å². The molecule has 0 aromatic carbocycles. The summed E-state index contributed by atoms with van der Waals surface area (Å²) in [5.74, 6) is -0.894. The molecule has 9 heteroatoms. The van der Waals surface area contributed by atoms with Crippen molar-refractivity contribution in [2.75, 3.05) is 13.2 Å². The van der Waals surface area contributed by atoms with E-state index in [1.165, 1.54) is 116 Å². The lowest BCUT2D eigenvalue weighted by Crippen LogP contribution is -2.29. The van der Waals surface area contributed by atoms with Gasteiger partial charge in [0.1, 0.15) is 6.61 Å². The molecule has 0 aliphatic carbocycles. The highest BCUT2D eigenvalue weighted by Gasteiger charge is 2.22. The third-order valence-corrected chi connectivity index (χ3v) is 9.87. The van der Waals surface area contributed by atoms with E-state index in [1.807, 2.05) is 0 Å². The van der Waals surface area contributed by atoms with E-state index in [4.69, 9.17) is 19.3 Å². The monoisotopic (exact) mass is 769 g/mol. The van der Waals surface area contributed by atoms with Gasteiger partial charge in [-0.05, 0) is 70.6 Å². The topological polar surface area (TPSA) is 119 Å². The number of allylic oxidation sites excluding steroid dienone is 6. The van der Waals surface area contributed by atoms with Gasteiger partial charge in [0.2, 0.25) is 0 Å². The molecule has 0 bridgehead atoms. The summed E-state index contributed by atoms with van der Waals surface area (Å²) in [6, 6.07) is 0. The largest absolute Gasteiger partial charge is 0.469 e. The molecule has 0 amide bonds. The first-order valence-electron chi connectivity index (χ1n) is 21.8. The Morgan fingerprint density at radius 1 is 0.491 bits per heavy atom. The molecule has 0 spiro atoms. The summed E-state index contributed by atoms with van der Waals surface area (Å²) in [4.78, 5) is 42.9. The van der Waals surface area contributed by atoms with E-state index >= 15 is 0 Å². The van der Waals surface area contributed by atoms with E-state index < -0.39 is 32.5 Å². The maximum Gasteiger partial charge on any atom is 0.469 e. The number of hydrogen-bond acceptors (Lipinski definition) is 6. The van der Waals surface area contributed by atoms with E-state index in [2.05, 4.69) is 54.8 Å². The first kappa shape index (κ1) is 51.3. The number of rotatable bonds is 40. The van der Waals surface area contributed by atoms with Crippen LogP contribution in [0.3, 0.4) is 0 Å². The molecular weight excluding hydrogens is 687 g/mol. The van der Waals surface area contributed by atoms with Crippen molar-refractivity contribution in [1.82, 2.24) is 0 Å². The Hall–Kier alpha value is -1.73. The maximum absolute atomic E-state index is 12.4. The highest BCUT2D eigenvalue weighted by atomic mass is 31.2. The Balaban J connectivity index is 3.92. The lowest BCUT2D eigenvalue weighted by Gasteiger charge is -2.18. The predicted octanol–water partition coefficient (Wildman–Crippen LogP) is 13.4. The van der Waals surface area contributed by atoms with Crippen molar-refractivity contribution in [3.63, 3.8) is 0 Å². The van der Waals surface area contributed by atoms with E-state index in [1.54, 1.807) is 0 Å². The van der Waals surface area contributed by atoms with Gasteiger partial charge in [0, 0.05) is 12.8 Å². The van der Waals surface area contributed by atoms with Gasteiger partial charge in [-0.25, -0.2) is 4.57 Å². The number of phosphoric acid groups is 1.